The van der Waals surface area contributed by atoms with Crippen molar-refractivity contribution in [3.8, 4) is 0 Å². The lowest BCUT2D eigenvalue weighted by Crippen LogP contribution is -2.56. The van der Waals surface area contributed by atoms with Gasteiger partial charge in [-0.1, -0.05) is 36.9 Å². The number of nitrogens with zero attached hydrogens (tertiary/aromatic N) is 4. The lowest BCUT2D eigenvalue weighted by molar-refractivity contribution is -0.122. The van der Waals surface area contributed by atoms with E-state index in [0.29, 0.717) is 12.2 Å². The van der Waals surface area contributed by atoms with Gasteiger partial charge in [-0.2, -0.15) is 0 Å². The topological polar surface area (TPSA) is 103 Å². The van der Waals surface area contributed by atoms with Gasteiger partial charge in [-0.25, -0.2) is 4.99 Å². The van der Waals surface area contributed by atoms with Crippen LogP contribution in [0.15, 0.2) is 101 Å². The molecule has 1 fully saturated rings. The second-order valence-corrected chi connectivity index (χ2v) is 8.80. The van der Waals surface area contributed by atoms with Crippen molar-refractivity contribution in [2.24, 2.45) is 15.7 Å². The molecule has 2 amide bonds. The van der Waals surface area contributed by atoms with Crippen LogP contribution in [0, 0.1) is 0 Å². The van der Waals surface area contributed by atoms with Crippen molar-refractivity contribution < 1.29 is 9.59 Å². The van der Waals surface area contributed by atoms with Gasteiger partial charge >= 0.3 is 0 Å². The average molecular weight is 495 g/mol. The highest BCUT2D eigenvalue weighted by Gasteiger charge is 2.28. The summed E-state index contributed by atoms with van der Waals surface area (Å²) < 4.78 is 0. The lowest BCUT2D eigenvalue weighted by atomic mass is 9.91. The van der Waals surface area contributed by atoms with Crippen LogP contribution in [-0.4, -0.2) is 61.9 Å². The molecule has 0 bridgehead atoms. The number of carbonyl (C=O) groups is 2. The van der Waals surface area contributed by atoms with Gasteiger partial charge in [-0.3, -0.25) is 19.5 Å². The number of rotatable bonds is 7. The van der Waals surface area contributed by atoms with E-state index < -0.39 is 0 Å². The molecule has 2 aromatic rings. The fourth-order valence-electron chi connectivity index (χ4n) is 4.36. The Morgan fingerprint density at radius 1 is 1.16 bits per heavy atom. The van der Waals surface area contributed by atoms with Gasteiger partial charge in [0.25, 0.3) is 0 Å². The summed E-state index contributed by atoms with van der Waals surface area (Å²) in [5.41, 5.74) is 11.4. The maximum absolute atomic E-state index is 11.8. The maximum Gasteiger partial charge on any atom is 0.247 e. The first kappa shape index (κ1) is 25.5. The monoisotopic (exact) mass is 494 g/mol. The summed E-state index contributed by atoms with van der Waals surface area (Å²) >= 11 is 0. The summed E-state index contributed by atoms with van der Waals surface area (Å²) in [6, 6.07) is 15.2. The molecule has 8 nitrogen and oxygen atoms in total. The van der Waals surface area contributed by atoms with Crippen LogP contribution in [0.4, 0.5) is 17.1 Å². The molecule has 4 rings (SSSR count). The van der Waals surface area contributed by atoms with Gasteiger partial charge in [0.2, 0.25) is 11.8 Å². The Morgan fingerprint density at radius 3 is 2.65 bits per heavy atom. The van der Waals surface area contributed by atoms with E-state index in [9.17, 15) is 9.59 Å². The number of nitrogens with one attached hydrogen (secondary N) is 1. The molecule has 2 aromatic carbocycles. The minimum absolute atomic E-state index is 0.275. The second kappa shape index (κ2) is 11.5. The summed E-state index contributed by atoms with van der Waals surface area (Å²) in [4.78, 5) is 36.7. The highest BCUT2D eigenvalue weighted by atomic mass is 16.2. The number of primary amides is 1. The Balaban J connectivity index is 1.64. The molecule has 1 aliphatic carbocycles. The Bertz CT molecular complexity index is 1340. The van der Waals surface area contributed by atoms with Gasteiger partial charge in [0.15, 0.2) is 0 Å². The summed E-state index contributed by atoms with van der Waals surface area (Å²) in [7, 11) is 1.92. The summed E-state index contributed by atoms with van der Waals surface area (Å²) in [6.45, 7) is 9.23. The third-order valence-electron chi connectivity index (χ3n) is 6.36. The molecule has 2 aliphatic rings. The summed E-state index contributed by atoms with van der Waals surface area (Å²) in [6.07, 6.45) is 8.76. The number of nitrogens with two attached hydrogens (primary N) is 1. The number of anilines is 2. The van der Waals surface area contributed by atoms with Crippen LogP contribution in [0.2, 0.25) is 0 Å². The van der Waals surface area contributed by atoms with Crippen LogP contribution in [0.1, 0.15) is 5.56 Å². The van der Waals surface area contributed by atoms with Crippen LogP contribution in [0.3, 0.4) is 0 Å². The normalized spacial score (nSPS) is 20.0. The zero-order chi connectivity index (χ0) is 26.4. The first-order valence-corrected chi connectivity index (χ1v) is 11.9. The third kappa shape index (κ3) is 5.99. The molecule has 1 atom stereocenters. The molecule has 1 saturated heterocycles. The number of benzene rings is 2. The SMILES string of the molecule is C=CC(=O)Nc1cccc(C2=CC=CC(=C/N=C)/C2=N\c2ccc(N3CCN(C)C(C(N)=O)C3)cc2)c1. The van der Waals surface area contributed by atoms with Crippen molar-refractivity contribution in [2.75, 3.05) is 36.9 Å². The standard InChI is InChI=1S/C29H30N6O2/c1-4-27(36)32-23-9-5-7-20(17-23)25-10-6-8-21(18-31-2)28(25)33-22-11-13-24(14-12-22)35-16-15-34(3)26(19-35)29(30)37/h4-14,17-18,26H,1-2,15-16,19H2,3H3,(H2,30,37)(H,32,36)/b21-18-,33-28+. The fourth-order valence-corrected chi connectivity index (χ4v) is 4.36. The van der Waals surface area contributed by atoms with E-state index >= 15 is 0 Å². The quantitative estimate of drug-likeness (QED) is 0.452. The molecule has 0 aromatic heterocycles. The fraction of sp³-hybridized carbons (Fsp3) is 0.172. The van der Waals surface area contributed by atoms with E-state index in [2.05, 4.69) is 28.5 Å². The number of hydrogen-bond acceptors (Lipinski definition) is 6. The van der Waals surface area contributed by atoms with Crippen molar-refractivity contribution in [1.82, 2.24) is 4.90 Å². The molecule has 1 aliphatic heterocycles. The van der Waals surface area contributed by atoms with E-state index in [1.807, 2.05) is 78.7 Å². The van der Waals surface area contributed by atoms with Crippen LogP contribution >= 0.6 is 0 Å². The number of carbonyl (C=O) groups excluding carboxylic acids is 2. The van der Waals surface area contributed by atoms with Gasteiger partial charge in [0.1, 0.15) is 6.04 Å². The van der Waals surface area contributed by atoms with E-state index in [-0.39, 0.29) is 17.9 Å². The van der Waals surface area contributed by atoms with Crippen LogP contribution in [-0.2, 0) is 9.59 Å². The molecule has 1 heterocycles. The molecular weight excluding hydrogens is 464 g/mol. The van der Waals surface area contributed by atoms with Gasteiger partial charge in [-0.15, -0.1) is 0 Å². The molecule has 0 saturated carbocycles. The first-order valence-electron chi connectivity index (χ1n) is 11.9. The Hall–Kier alpha value is -4.56. The number of allylic oxidation sites excluding steroid dienone is 5. The smallest absolute Gasteiger partial charge is 0.247 e. The Labute approximate surface area is 216 Å². The highest BCUT2D eigenvalue weighted by molar-refractivity contribution is 6.34. The van der Waals surface area contributed by atoms with Crippen LogP contribution < -0.4 is 16.0 Å². The van der Waals surface area contributed by atoms with Crippen LogP contribution in [0.25, 0.3) is 5.57 Å². The third-order valence-corrected chi connectivity index (χ3v) is 6.36. The number of hydrogen-bond donors (Lipinski definition) is 2. The molecule has 1 unspecified atom stereocenters. The Morgan fingerprint density at radius 2 is 1.95 bits per heavy atom. The first-order chi connectivity index (χ1) is 17.9. The van der Waals surface area contributed by atoms with E-state index in [4.69, 9.17) is 10.7 Å². The van der Waals surface area contributed by atoms with Crippen molar-refractivity contribution in [3.63, 3.8) is 0 Å². The van der Waals surface area contributed by atoms with Crippen molar-refractivity contribution in [3.05, 3.63) is 96.8 Å². The predicted molar refractivity (Wildman–Crippen MR) is 151 cm³/mol. The second-order valence-electron chi connectivity index (χ2n) is 8.80. The minimum Gasteiger partial charge on any atom is -0.368 e. The molecule has 0 spiro atoms. The predicted octanol–water partition coefficient (Wildman–Crippen LogP) is 3.73. The van der Waals surface area contributed by atoms with Gasteiger partial charge in [0.05, 0.1) is 11.4 Å². The van der Waals surface area contributed by atoms with Gasteiger partial charge < -0.3 is 16.0 Å². The highest BCUT2D eigenvalue weighted by Crippen LogP contribution is 2.30. The molecule has 3 N–H and O–H groups in total. The number of amides is 2. The zero-order valence-electron chi connectivity index (χ0n) is 20.8. The van der Waals surface area contributed by atoms with Crippen molar-refractivity contribution in [2.45, 2.75) is 6.04 Å². The molecule has 8 heteroatoms. The minimum atomic E-state index is -0.318. The van der Waals surface area contributed by atoms with Gasteiger partial charge in [0, 0.05) is 48.4 Å². The van der Waals surface area contributed by atoms with E-state index in [1.165, 1.54) is 6.08 Å². The van der Waals surface area contributed by atoms with Crippen LogP contribution in [0.5, 0.6) is 0 Å². The maximum atomic E-state index is 11.8. The van der Waals surface area contributed by atoms with Crippen molar-refractivity contribution >= 4 is 46.9 Å². The number of piperazine rings is 1. The molecule has 37 heavy (non-hydrogen) atoms. The van der Waals surface area contributed by atoms with Crippen molar-refractivity contribution in [1.29, 1.82) is 0 Å². The summed E-state index contributed by atoms with van der Waals surface area (Å²) in [5, 5.41) is 2.80. The van der Waals surface area contributed by atoms with Gasteiger partial charge in [-0.05, 0) is 61.8 Å². The molecule has 188 valence electrons. The number of aliphatic imine (C=N–C) groups is 2. The Kier molecular flexibility index (Phi) is 7.90. The van der Waals surface area contributed by atoms with E-state index in [0.717, 1.165) is 46.9 Å². The zero-order valence-corrected chi connectivity index (χ0v) is 20.8. The lowest BCUT2D eigenvalue weighted by Gasteiger charge is -2.39. The molecule has 0 radical (unpaired) electrons. The number of likely N-dealkylation sites (N-methyl/N-ethyl adjacent to an activating group) is 1. The summed E-state index contributed by atoms with van der Waals surface area (Å²) in [5.74, 6) is -0.592. The largest absolute Gasteiger partial charge is 0.368 e. The van der Waals surface area contributed by atoms with E-state index in [1.54, 1.807) is 6.20 Å². The average Bonchev–Trinajstić information content (AvgIpc) is 2.90. The molecular formula is C29H30N6O2.